The highest BCUT2D eigenvalue weighted by atomic mass is 16.5. The van der Waals surface area contributed by atoms with Crippen LogP contribution in [0.25, 0.3) is 0 Å². The van der Waals surface area contributed by atoms with E-state index in [4.69, 9.17) is 9.84 Å². The summed E-state index contributed by atoms with van der Waals surface area (Å²) in [5, 5.41) is 12.6. The Kier molecular flexibility index (Phi) is 6.81. The molecule has 4 heteroatoms. The van der Waals surface area contributed by atoms with Crippen molar-refractivity contribution < 1.29 is 14.6 Å². The van der Waals surface area contributed by atoms with Gasteiger partial charge in [0.1, 0.15) is 0 Å². The molecule has 0 bridgehead atoms. The van der Waals surface area contributed by atoms with Crippen molar-refractivity contribution in [1.29, 1.82) is 0 Å². The maximum absolute atomic E-state index is 11.0. The summed E-state index contributed by atoms with van der Waals surface area (Å²) >= 11 is 0. The van der Waals surface area contributed by atoms with Crippen molar-refractivity contribution in [3.8, 4) is 0 Å². The van der Waals surface area contributed by atoms with Gasteiger partial charge in [-0.1, -0.05) is 54.6 Å². The summed E-state index contributed by atoms with van der Waals surface area (Å²) in [5.41, 5.74) is 3.61. The van der Waals surface area contributed by atoms with E-state index in [-0.39, 0.29) is 5.92 Å². The van der Waals surface area contributed by atoms with Crippen molar-refractivity contribution in [2.45, 2.75) is 51.5 Å². The Labute approximate surface area is 155 Å². The third kappa shape index (κ3) is 5.68. The number of benzene rings is 2. The van der Waals surface area contributed by atoms with E-state index in [9.17, 15) is 4.79 Å². The molecule has 0 saturated heterocycles. The summed E-state index contributed by atoms with van der Waals surface area (Å²) in [6.45, 7) is 2.07. The van der Waals surface area contributed by atoms with Crippen LogP contribution in [0.2, 0.25) is 0 Å². The number of rotatable bonds is 8. The first kappa shape index (κ1) is 18.6. The van der Waals surface area contributed by atoms with Crippen LogP contribution in [0.4, 0.5) is 0 Å². The van der Waals surface area contributed by atoms with Crippen LogP contribution in [0.3, 0.4) is 0 Å². The average molecular weight is 353 g/mol. The maximum atomic E-state index is 11.0. The van der Waals surface area contributed by atoms with E-state index >= 15 is 0 Å². The molecule has 0 radical (unpaired) electrons. The number of hydrogen-bond acceptors (Lipinski definition) is 3. The number of hydrogen-bond donors (Lipinski definition) is 2. The number of carbonyl (C=O) groups is 1. The first-order chi connectivity index (χ1) is 12.7. The zero-order chi connectivity index (χ0) is 18.2. The van der Waals surface area contributed by atoms with Gasteiger partial charge in [0.15, 0.2) is 0 Å². The molecule has 1 fully saturated rings. The molecule has 0 aliphatic heterocycles. The first-order valence-corrected chi connectivity index (χ1v) is 9.36. The predicted molar refractivity (Wildman–Crippen MR) is 102 cm³/mol. The number of ether oxygens (including phenoxy) is 1. The van der Waals surface area contributed by atoms with Gasteiger partial charge in [-0.05, 0) is 42.4 Å². The largest absolute Gasteiger partial charge is 0.481 e. The monoisotopic (exact) mass is 353 g/mol. The first-order valence-electron chi connectivity index (χ1n) is 9.36. The van der Waals surface area contributed by atoms with E-state index in [1.165, 1.54) is 16.7 Å². The molecule has 2 N–H and O–H groups in total. The van der Waals surface area contributed by atoms with E-state index in [2.05, 4.69) is 41.7 Å². The summed E-state index contributed by atoms with van der Waals surface area (Å²) in [6.07, 6.45) is 3.46. The normalized spacial score (nSPS) is 20.0. The third-order valence-corrected chi connectivity index (χ3v) is 5.07. The lowest BCUT2D eigenvalue weighted by atomic mass is 9.86. The van der Waals surface area contributed by atoms with Gasteiger partial charge in [0, 0.05) is 12.6 Å². The van der Waals surface area contributed by atoms with Crippen LogP contribution in [0.5, 0.6) is 0 Å². The molecule has 138 valence electrons. The summed E-state index contributed by atoms with van der Waals surface area (Å²) in [6, 6.07) is 19.1. The van der Waals surface area contributed by atoms with Gasteiger partial charge in [0.05, 0.1) is 19.1 Å². The van der Waals surface area contributed by atoms with Gasteiger partial charge in [-0.15, -0.1) is 0 Å². The lowest BCUT2D eigenvalue weighted by molar-refractivity contribution is -0.142. The van der Waals surface area contributed by atoms with Gasteiger partial charge in [-0.3, -0.25) is 4.79 Å². The van der Waals surface area contributed by atoms with Crippen molar-refractivity contribution in [3.63, 3.8) is 0 Å². The Bertz CT molecular complexity index is 676. The van der Waals surface area contributed by atoms with Gasteiger partial charge < -0.3 is 15.2 Å². The molecule has 0 heterocycles. The highest BCUT2D eigenvalue weighted by Crippen LogP contribution is 2.24. The topological polar surface area (TPSA) is 58.6 Å². The Balaban J connectivity index is 1.37. The average Bonchev–Trinajstić information content (AvgIpc) is 2.68. The van der Waals surface area contributed by atoms with Crippen molar-refractivity contribution in [2.75, 3.05) is 0 Å². The SMILES string of the molecule is O=C(O)C1CCC(NCc2ccc(COCc3ccccc3)cc2)CC1. The lowest BCUT2D eigenvalue weighted by Crippen LogP contribution is -2.34. The van der Waals surface area contributed by atoms with Crippen LogP contribution in [0, 0.1) is 5.92 Å². The molecular formula is C22H27NO3. The quantitative estimate of drug-likeness (QED) is 0.749. The smallest absolute Gasteiger partial charge is 0.306 e. The zero-order valence-corrected chi connectivity index (χ0v) is 15.1. The third-order valence-electron chi connectivity index (χ3n) is 5.07. The fourth-order valence-corrected chi connectivity index (χ4v) is 3.42. The molecule has 2 aromatic rings. The van der Waals surface area contributed by atoms with Crippen LogP contribution in [0.1, 0.15) is 42.4 Å². The predicted octanol–water partition coefficient (Wildman–Crippen LogP) is 4.14. The van der Waals surface area contributed by atoms with E-state index in [0.717, 1.165) is 32.2 Å². The molecular weight excluding hydrogens is 326 g/mol. The Morgan fingerprint density at radius 3 is 2.08 bits per heavy atom. The Morgan fingerprint density at radius 1 is 0.885 bits per heavy atom. The van der Waals surface area contributed by atoms with Gasteiger partial charge in [-0.2, -0.15) is 0 Å². The fourth-order valence-electron chi connectivity index (χ4n) is 3.42. The van der Waals surface area contributed by atoms with Crippen molar-refractivity contribution in [2.24, 2.45) is 5.92 Å². The van der Waals surface area contributed by atoms with Gasteiger partial charge >= 0.3 is 5.97 Å². The molecule has 0 spiro atoms. The minimum absolute atomic E-state index is 0.150. The highest BCUT2D eigenvalue weighted by molar-refractivity contribution is 5.70. The highest BCUT2D eigenvalue weighted by Gasteiger charge is 2.25. The molecule has 4 nitrogen and oxygen atoms in total. The van der Waals surface area contributed by atoms with Crippen LogP contribution < -0.4 is 5.32 Å². The van der Waals surface area contributed by atoms with Gasteiger partial charge in [0.25, 0.3) is 0 Å². The summed E-state index contributed by atoms with van der Waals surface area (Å²) in [4.78, 5) is 11.0. The zero-order valence-electron chi connectivity index (χ0n) is 15.1. The molecule has 0 unspecified atom stereocenters. The number of carboxylic acid groups (broad SMARTS) is 1. The number of carboxylic acids is 1. The van der Waals surface area contributed by atoms with Gasteiger partial charge in [-0.25, -0.2) is 0 Å². The molecule has 0 amide bonds. The molecule has 1 aliphatic carbocycles. The lowest BCUT2D eigenvalue weighted by Gasteiger charge is -2.27. The van der Waals surface area contributed by atoms with Crippen LogP contribution in [0.15, 0.2) is 54.6 Å². The van der Waals surface area contributed by atoms with Crippen molar-refractivity contribution >= 4 is 5.97 Å². The van der Waals surface area contributed by atoms with Crippen molar-refractivity contribution in [1.82, 2.24) is 5.32 Å². The maximum Gasteiger partial charge on any atom is 0.306 e. The molecule has 0 atom stereocenters. The van der Waals surface area contributed by atoms with Crippen LogP contribution >= 0.6 is 0 Å². The molecule has 26 heavy (non-hydrogen) atoms. The second-order valence-corrected chi connectivity index (χ2v) is 7.06. The van der Waals surface area contributed by atoms with Gasteiger partial charge in [0.2, 0.25) is 0 Å². The van der Waals surface area contributed by atoms with E-state index in [0.29, 0.717) is 19.3 Å². The molecule has 3 rings (SSSR count). The minimum Gasteiger partial charge on any atom is -0.481 e. The molecule has 0 aromatic heterocycles. The van der Waals surface area contributed by atoms with E-state index < -0.39 is 5.97 Å². The fraction of sp³-hybridized carbons (Fsp3) is 0.409. The second kappa shape index (κ2) is 9.51. The Morgan fingerprint density at radius 2 is 1.46 bits per heavy atom. The summed E-state index contributed by atoms with van der Waals surface area (Å²) < 4.78 is 5.77. The van der Waals surface area contributed by atoms with Crippen LogP contribution in [-0.4, -0.2) is 17.1 Å². The molecule has 2 aromatic carbocycles. The van der Waals surface area contributed by atoms with E-state index in [1.807, 2.05) is 18.2 Å². The number of nitrogens with one attached hydrogen (secondary N) is 1. The Hall–Kier alpha value is -2.17. The minimum atomic E-state index is -0.645. The summed E-state index contributed by atoms with van der Waals surface area (Å²) in [5.74, 6) is -0.795. The second-order valence-electron chi connectivity index (χ2n) is 7.06. The van der Waals surface area contributed by atoms with Crippen molar-refractivity contribution in [3.05, 3.63) is 71.3 Å². The standard InChI is InChI=1S/C22H27NO3/c24-22(25)20-10-12-21(13-11-20)23-14-17-6-8-19(9-7-17)16-26-15-18-4-2-1-3-5-18/h1-9,20-21,23H,10-16H2,(H,24,25). The van der Waals surface area contributed by atoms with E-state index in [1.54, 1.807) is 0 Å². The van der Waals surface area contributed by atoms with Crippen LogP contribution in [-0.2, 0) is 29.3 Å². The molecule has 1 saturated carbocycles. The molecule has 1 aliphatic rings. The number of aliphatic carboxylic acids is 1. The summed E-state index contributed by atoms with van der Waals surface area (Å²) in [7, 11) is 0.